The first-order chi connectivity index (χ1) is 9.33. The SMILES string of the molecule is C=CCOC(C=C)(c1ccccc1)c1ccccc1. The van der Waals surface area contributed by atoms with Gasteiger partial charge in [-0.1, -0.05) is 79.4 Å². The van der Waals surface area contributed by atoms with Gasteiger partial charge in [0.25, 0.3) is 0 Å². The molecule has 0 atom stereocenters. The van der Waals surface area contributed by atoms with Crippen molar-refractivity contribution in [3.63, 3.8) is 0 Å². The summed E-state index contributed by atoms with van der Waals surface area (Å²) in [6, 6.07) is 20.2. The molecule has 0 fully saturated rings. The Kier molecular flexibility index (Phi) is 4.32. The topological polar surface area (TPSA) is 9.23 Å². The third-order valence-electron chi connectivity index (χ3n) is 3.12. The molecule has 1 heteroatoms. The summed E-state index contributed by atoms with van der Waals surface area (Å²) in [6.45, 7) is 8.17. The van der Waals surface area contributed by atoms with Crippen molar-refractivity contribution in [3.8, 4) is 0 Å². The Morgan fingerprint density at radius 1 is 0.842 bits per heavy atom. The molecule has 0 radical (unpaired) electrons. The third-order valence-corrected chi connectivity index (χ3v) is 3.12. The third kappa shape index (κ3) is 2.67. The van der Waals surface area contributed by atoms with Crippen LogP contribution in [0.5, 0.6) is 0 Å². The Bertz CT molecular complexity index is 489. The van der Waals surface area contributed by atoms with Crippen LogP contribution < -0.4 is 0 Å². The molecule has 2 aromatic carbocycles. The zero-order valence-corrected chi connectivity index (χ0v) is 11.0. The second kappa shape index (κ2) is 6.17. The zero-order chi connectivity index (χ0) is 13.6. The molecule has 2 rings (SSSR count). The fourth-order valence-corrected chi connectivity index (χ4v) is 2.19. The summed E-state index contributed by atoms with van der Waals surface area (Å²) in [7, 11) is 0. The number of rotatable bonds is 6. The van der Waals surface area contributed by atoms with E-state index in [-0.39, 0.29) is 0 Å². The molecule has 96 valence electrons. The lowest BCUT2D eigenvalue weighted by Gasteiger charge is -2.31. The van der Waals surface area contributed by atoms with Crippen LogP contribution in [0.2, 0.25) is 0 Å². The molecule has 0 bridgehead atoms. The molecule has 2 aromatic rings. The van der Waals surface area contributed by atoms with Crippen molar-refractivity contribution < 1.29 is 4.74 Å². The minimum absolute atomic E-state index is 0.468. The monoisotopic (exact) mass is 250 g/mol. The van der Waals surface area contributed by atoms with E-state index in [9.17, 15) is 0 Å². The molecule has 0 aliphatic rings. The second-order valence-corrected chi connectivity index (χ2v) is 4.27. The Morgan fingerprint density at radius 2 is 1.32 bits per heavy atom. The van der Waals surface area contributed by atoms with Crippen LogP contribution in [-0.2, 0) is 10.3 Å². The highest BCUT2D eigenvalue weighted by atomic mass is 16.5. The van der Waals surface area contributed by atoms with Crippen molar-refractivity contribution in [1.82, 2.24) is 0 Å². The lowest BCUT2D eigenvalue weighted by Crippen LogP contribution is -2.28. The standard InChI is InChI=1S/C18H18O/c1-3-15-19-18(4-2,16-11-7-5-8-12-16)17-13-9-6-10-14-17/h3-14H,1-2,15H2. The van der Waals surface area contributed by atoms with Gasteiger partial charge in [0, 0.05) is 0 Å². The molecule has 19 heavy (non-hydrogen) atoms. The van der Waals surface area contributed by atoms with Crippen LogP contribution >= 0.6 is 0 Å². The minimum atomic E-state index is -0.628. The Hall–Kier alpha value is -2.12. The van der Waals surface area contributed by atoms with Crippen molar-refractivity contribution in [1.29, 1.82) is 0 Å². The van der Waals surface area contributed by atoms with Crippen LogP contribution in [0, 0.1) is 0 Å². The summed E-state index contributed by atoms with van der Waals surface area (Å²) in [5.74, 6) is 0. The van der Waals surface area contributed by atoms with Crippen LogP contribution in [-0.4, -0.2) is 6.61 Å². The van der Waals surface area contributed by atoms with Crippen LogP contribution in [0.15, 0.2) is 86.0 Å². The highest BCUT2D eigenvalue weighted by Crippen LogP contribution is 2.34. The first-order valence-electron chi connectivity index (χ1n) is 6.33. The zero-order valence-electron chi connectivity index (χ0n) is 11.0. The van der Waals surface area contributed by atoms with Gasteiger partial charge in [-0.15, -0.1) is 6.58 Å². The van der Waals surface area contributed by atoms with Crippen molar-refractivity contribution >= 4 is 0 Å². The minimum Gasteiger partial charge on any atom is -0.357 e. The van der Waals surface area contributed by atoms with Crippen molar-refractivity contribution in [2.75, 3.05) is 6.61 Å². The molecule has 0 heterocycles. The Labute approximate surface area is 114 Å². The summed E-state index contributed by atoms with van der Waals surface area (Å²) in [6.07, 6.45) is 3.60. The summed E-state index contributed by atoms with van der Waals surface area (Å²) < 4.78 is 6.06. The van der Waals surface area contributed by atoms with Crippen molar-refractivity contribution in [3.05, 3.63) is 97.1 Å². The summed E-state index contributed by atoms with van der Waals surface area (Å²) in [4.78, 5) is 0. The van der Waals surface area contributed by atoms with Gasteiger partial charge in [-0.05, 0) is 11.1 Å². The van der Waals surface area contributed by atoms with Gasteiger partial charge in [-0.2, -0.15) is 0 Å². The van der Waals surface area contributed by atoms with Gasteiger partial charge in [-0.3, -0.25) is 0 Å². The molecular weight excluding hydrogens is 232 g/mol. The van der Waals surface area contributed by atoms with Crippen molar-refractivity contribution in [2.24, 2.45) is 0 Å². The van der Waals surface area contributed by atoms with E-state index >= 15 is 0 Å². The van der Waals surface area contributed by atoms with E-state index < -0.39 is 5.60 Å². The average Bonchev–Trinajstić information content (AvgIpc) is 2.51. The predicted molar refractivity (Wildman–Crippen MR) is 80.0 cm³/mol. The lowest BCUT2D eigenvalue weighted by atomic mass is 9.86. The molecule has 0 aromatic heterocycles. The van der Waals surface area contributed by atoms with E-state index in [1.807, 2.05) is 42.5 Å². The molecule has 0 unspecified atom stereocenters. The molecule has 0 spiro atoms. The fraction of sp³-hybridized carbons (Fsp3) is 0.111. The molecule has 0 aliphatic heterocycles. The van der Waals surface area contributed by atoms with Gasteiger partial charge in [0.2, 0.25) is 0 Å². The van der Waals surface area contributed by atoms with Crippen molar-refractivity contribution in [2.45, 2.75) is 5.60 Å². The maximum atomic E-state index is 6.06. The summed E-state index contributed by atoms with van der Waals surface area (Å²) in [5, 5.41) is 0. The lowest BCUT2D eigenvalue weighted by molar-refractivity contribution is 0.0388. The maximum absolute atomic E-state index is 6.06. The van der Waals surface area contributed by atoms with E-state index in [4.69, 9.17) is 4.74 Å². The van der Waals surface area contributed by atoms with Crippen LogP contribution in [0.4, 0.5) is 0 Å². The smallest absolute Gasteiger partial charge is 0.137 e. The van der Waals surface area contributed by atoms with Gasteiger partial charge in [0.05, 0.1) is 6.61 Å². The molecule has 0 N–H and O–H groups in total. The van der Waals surface area contributed by atoms with Crippen LogP contribution in [0.25, 0.3) is 0 Å². The highest BCUT2D eigenvalue weighted by molar-refractivity contribution is 5.40. The van der Waals surface area contributed by atoms with Gasteiger partial charge >= 0.3 is 0 Å². The van der Waals surface area contributed by atoms with E-state index in [2.05, 4.69) is 37.4 Å². The van der Waals surface area contributed by atoms with Crippen LogP contribution in [0.1, 0.15) is 11.1 Å². The number of hydrogen-bond acceptors (Lipinski definition) is 1. The molecule has 0 amide bonds. The molecule has 1 nitrogen and oxygen atoms in total. The molecular formula is C18H18O. The second-order valence-electron chi connectivity index (χ2n) is 4.27. The van der Waals surface area contributed by atoms with E-state index in [1.165, 1.54) is 0 Å². The first kappa shape index (κ1) is 13.3. The van der Waals surface area contributed by atoms with E-state index in [0.29, 0.717) is 6.61 Å². The molecule has 0 saturated carbocycles. The van der Waals surface area contributed by atoms with Gasteiger partial charge < -0.3 is 4.74 Å². The predicted octanol–water partition coefficient (Wildman–Crippen LogP) is 4.32. The van der Waals surface area contributed by atoms with Gasteiger partial charge in [0.15, 0.2) is 0 Å². The summed E-state index contributed by atoms with van der Waals surface area (Å²) >= 11 is 0. The first-order valence-corrected chi connectivity index (χ1v) is 6.33. The Balaban J connectivity index is 2.54. The average molecular weight is 250 g/mol. The quantitative estimate of drug-likeness (QED) is 0.694. The number of ether oxygens (including phenoxy) is 1. The normalized spacial score (nSPS) is 10.9. The molecule has 0 aliphatic carbocycles. The molecule has 0 saturated heterocycles. The summed E-state index contributed by atoms with van der Waals surface area (Å²) in [5.41, 5.74) is 1.51. The number of hydrogen-bond donors (Lipinski definition) is 0. The maximum Gasteiger partial charge on any atom is 0.137 e. The highest BCUT2D eigenvalue weighted by Gasteiger charge is 2.31. The van der Waals surface area contributed by atoms with Gasteiger partial charge in [0.1, 0.15) is 5.60 Å². The van der Waals surface area contributed by atoms with Crippen LogP contribution in [0.3, 0.4) is 0 Å². The fourth-order valence-electron chi connectivity index (χ4n) is 2.19. The number of benzene rings is 2. The van der Waals surface area contributed by atoms with E-state index in [1.54, 1.807) is 6.08 Å². The Morgan fingerprint density at radius 3 is 1.68 bits per heavy atom. The van der Waals surface area contributed by atoms with Gasteiger partial charge in [-0.25, -0.2) is 0 Å². The van der Waals surface area contributed by atoms with E-state index in [0.717, 1.165) is 11.1 Å². The largest absolute Gasteiger partial charge is 0.357 e.